The van der Waals surface area contributed by atoms with E-state index >= 15 is 0 Å². The summed E-state index contributed by atoms with van der Waals surface area (Å²) < 4.78 is 0. The summed E-state index contributed by atoms with van der Waals surface area (Å²) in [4.78, 5) is 16.4. The predicted molar refractivity (Wildman–Crippen MR) is 76.8 cm³/mol. The molecule has 2 atom stereocenters. The molecule has 3 N–H and O–H groups in total. The van der Waals surface area contributed by atoms with Crippen LogP contribution in [-0.2, 0) is 4.79 Å². The van der Waals surface area contributed by atoms with Gasteiger partial charge in [0.2, 0.25) is 5.91 Å². The van der Waals surface area contributed by atoms with Crippen LogP contribution in [-0.4, -0.2) is 10.9 Å². The van der Waals surface area contributed by atoms with E-state index < -0.39 is 6.04 Å². The van der Waals surface area contributed by atoms with Crippen molar-refractivity contribution in [1.29, 1.82) is 0 Å². The molecule has 1 aromatic heterocycles. The van der Waals surface area contributed by atoms with E-state index in [0.717, 1.165) is 16.3 Å². The second-order valence-electron chi connectivity index (χ2n) is 4.45. The molecule has 0 spiro atoms. The molecule has 0 aliphatic carbocycles. The molecule has 2 aromatic rings. The normalized spacial score (nSPS) is 13.8. The van der Waals surface area contributed by atoms with Gasteiger partial charge in [0.15, 0.2) is 0 Å². The van der Waals surface area contributed by atoms with Gasteiger partial charge in [-0.05, 0) is 19.4 Å². The Morgan fingerprint density at radius 2 is 2.05 bits per heavy atom. The number of amides is 1. The van der Waals surface area contributed by atoms with Gasteiger partial charge in [0.25, 0.3) is 0 Å². The van der Waals surface area contributed by atoms with Crippen molar-refractivity contribution in [2.75, 3.05) is 0 Å². The first-order chi connectivity index (χ1) is 9.08. The first kappa shape index (κ1) is 13.7. The third-order valence-electron chi connectivity index (χ3n) is 2.81. The van der Waals surface area contributed by atoms with Crippen LogP contribution >= 0.6 is 11.3 Å². The highest BCUT2D eigenvalue weighted by Gasteiger charge is 2.19. The van der Waals surface area contributed by atoms with Gasteiger partial charge in [0.05, 0.1) is 6.04 Å². The fourth-order valence-electron chi connectivity index (χ4n) is 1.75. The third-order valence-corrected chi connectivity index (χ3v) is 3.95. The highest BCUT2D eigenvalue weighted by atomic mass is 32.1. The highest BCUT2D eigenvalue weighted by Crippen LogP contribution is 2.18. The molecule has 0 fully saturated rings. The summed E-state index contributed by atoms with van der Waals surface area (Å²) in [6.07, 6.45) is 0. The molecular formula is C14H17N3OS. The van der Waals surface area contributed by atoms with Crippen molar-refractivity contribution < 1.29 is 4.79 Å². The number of nitrogens with two attached hydrogens (primary N) is 1. The van der Waals surface area contributed by atoms with Crippen molar-refractivity contribution in [3.63, 3.8) is 0 Å². The third kappa shape index (κ3) is 3.39. The molecule has 0 bridgehead atoms. The van der Waals surface area contributed by atoms with Gasteiger partial charge in [-0.25, -0.2) is 4.98 Å². The van der Waals surface area contributed by atoms with Crippen LogP contribution in [0.25, 0.3) is 0 Å². The number of aromatic nitrogens is 1. The van der Waals surface area contributed by atoms with Gasteiger partial charge in [-0.2, -0.15) is 0 Å². The Kier molecular flexibility index (Phi) is 4.29. The smallest absolute Gasteiger partial charge is 0.242 e. The minimum absolute atomic E-state index is 0.124. The molecular weight excluding hydrogens is 258 g/mol. The van der Waals surface area contributed by atoms with Crippen LogP contribution in [0.2, 0.25) is 0 Å². The monoisotopic (exact) mass is 275 g/mol. The second-order valence-corrected chi connectivity index (χ2v) is 5.34. The Hall–Kier alpha value is -1.72. The highest BCUT2D eigenvalue weighted by molar-refractivity contribution is 7.09. The molecule has 0 saturated heterocycles. The molecule has 0 saturated carbocycles. The molecule has 0 aliphatic rings. The van der Waals surface area contributed by atoms with E-state index in [2.05, 4.69) is 10.3 Å². The van der Waals surface area contributed by atoms with Gasteiger partial charge in [-0.1, -0.05) is 30.3 Å². The summed E-state index contributed by atoms with van der Waals surface area (Å²) in [7, 11) is 0. The number of rotatable bonds is 4. The van der Waals surface area contributed by atoms with Crippen molar-refractivity contribution in [2.45, 2.75) is 25.9 Å². The molecule has 2 rings (SSSR count). The van der Waals surface area contributed by atoms with Gasteiger partial charge in [-0.3, -0.25) is 4.79 Å². The first-order valence-electron chi connectivity index (χ1n) is 6.11. The zero-order valence-corrected chi connectivity index (χ0v) is 11.8. The summed E-state index contributed by atoms with van der Waals surface area (Å²) in [5.41, 5.74) is 7.72. The van der Waals surface area contributed by atoms with Crippen LogP contribution in [0.1, 0.15) is 35.3 Å². The van der Waals surface area contributed by atoms with E-state index in [-0.39, 0.29) is 11.9 Å². The van der Waals surface area contributed by atoms with Crippen LogP contribution in [0.4, 0.5) is 0 Å². The number of benzene rings is 1. The number of hydrogen-bond acceptors (Lipinski definition) is 4. The van der Waals surface area contributed by atoms with Crippen molar-refractivity contribution in [1.82, 2.24) is 10.3 Å². The number of nitrogens with zero attached hydrogens (tertiary/aromatic N) is 1. The van der Waals surface area contributed by atoms with Crippen LogP contribution in [0.15, 0.2) is 35.7 Å². The number of thiazole rings is 1. The lowest BCUT2D eigenvalue weighted by atomic mass is 10.1. The molecule has 0 aliphatic heterocycles. The maximum atomic E-state index is 12.1. The summed E-state index contributed by atoms with van der Waals surface area (Å²) in [6.45, 7) is 3.85. The van der Waals surface area contributed by atoms with E-state index in [1.807, 2.05) is 49.6 Å². The van der Waals surface area contributed by atoms with Gasteiger partial charge in [-0.15, -0.1) is 11.3 Å². The second kappa shape index (κ2) is 5.95. The van der Waals surface area contributed by atoms with E-state index in [1.165, 1.54) is 0 Å². The zero-order valence-electron chi connectivity index (χ0n) is 11.0. The summed E-state index contributed by atoms with van der Waals surface area (Å²) in [5.74, 6) is -0.188. The Morgan fingerprint density at radius 1 is 1.37 bits per heavy atom. The number of hydrogen-bond donors (Lipinski definition) is 2. The van der Waals surface area contributed by atoms with Crippen LogP contribution in [0.5, 0.6) is 0 Å². The maximum absolute atomic E-state index is 12.1. The summed E-state index contributed by atoms with van der Waals surface area (Å²) in [6, 6.07) is 8.57. The SMILES string of the molecule is Cc1csc(C(C)NC(=O)[C@@H](N)c2ccccc2)n1. The zero-order chi connectivity index (χ0) is 13.8. The lowest BCUT2D eigenvalue weighted by Gasteiger charge is -2.16. The standard InChI is InChI=1S/C14H17N3OS/c1-9-8-19-14(16-9)10(2)17-13(18)12(15)11-6-4-3-5-7-11/h3-8,10,12H,15H2,1-2H3,(H,17,18)/t10?,12-/m0/s1. The lowest BCUT2D eigenvalue weighted by molar-refractivity contribution is -0.123. The van der Waals surface area contributed by atoms with Crippen molar-refractivity contribution in [3.8, 4) is 0 Å². The predicted octanol–water partition coefficient (Wildman–Crippen LogP) is 2.33. The van der Waals surface area contributed by atoms with Crippen molar-refractivity contribution in [2.24, 2.45) is 5.73 Å². The average molecular weight is 275 g/mol. The summed E-state index contributed by atoms with van der Waals surface area (Å²) in [5, 5.41) is 5.75. The quantitative estimate of drug-likeness (QED) is 0.900. The van der Waals surface area contributed by atoms with Gasteiger partial charge in [0, 0.05) is 11.1 Å². The number of aryl methyl sites for hydroxylation is 1. The van der Waals surface area contributed by atoms with E-state index in [1.54, 1.807) is 11.3 Å². The van der Waals surface area contributed by atoms with Crippen LogP contribution in [0, 0.1) is 6.92 Å². The van der Waals surface area contributed by atoms with Gasteiger partial charge in [0.1, 0.15) is 11.0 Å². The number of carbonyl (C=O) groups excluding carboxylic acids is 1. The lowest BCUT2D eigenvalue weighted by Crippen LogP contribution is -2.35. The fraction of sp³-hybridized carbons (Fsp3) is 0.286. The topological polar surface area (TPSA) is 68.0 Å². The molecule has 5 heteroatoms. The van der Waals surface area contributed by atoms with Crippen molar-refractivity contribution >= 4 is 17.2 Å². The van der Waals surface area contributed by atoms with E-state index in [0.29, 0.717) is 0 Å². The van der Waals surface area contributed by atoms with Gasteiger partial charge >= 0.3 is 0 Å². The van der Waals surface area contributed by atoms with Crippen LogP contribution < -0.4 is 11.1 Å². The van der Waals surface area contributed by atoms with Crippen LogP contribution in [0.3, 0.4) is 0 Å². The minimum Gasteiger partial charge on any atom is -0.345 e. The number of nitrogens with one attached hydrogen (secondary N) is 1. The first-order valence-corrected chi connectivity index (χ1v) is 6.99. The maximum Gasteiger partial charge on any atom is 0.242 e. The van der Waals surface area contributed by atoms with Gasteiger partial charge < -0.3 is 11.1 Å². The Balaban J connectivity index is 2.01. The molecule has 4 nitrogen and oxygen atoms in total. The molecule has 19 heavy (non-hydrogen) atoms. The molecule has 1 aromatic carbocycles. The fourth-order valence-corrected chi connectivity index (χ4v) is 2.55. The largest absolute Gasteiger partial charge is 0.345 e. The minimum atomic E-state index is -0.648. The molecule has 100 valence electrons. The summed E-state index contributed by atoms with van der Waals surface area (Å²) >= 11 is 1.54. The van der Waals surface area contributed by atoms with Crippen molar-refractivity contribution in [3.05, 3.63) is 52.0 Å². The van der Waals surface area contributed by atoms with E-state index in [4.69, 9.17) is 5.73 Å². The Labute approximate surface area is 116 Å². The molecule has 1 amide bonds. The number of carbonyl (C=O) groups is 1. The Morgan fingerprint density at radius 3 is 2.63 bits per heavy atom. The van der Waals surface area contributed by atoms with E-state index in [9.17, 15) is 4.79 Å². The molecule has 1 heterocycles. The molecule has 1 unspecified atom stereocenters. The molecule has 0 radical (unpaired) electrons. The average Bonchev–Trinajstić information content (AvgIpc) is 2.85. The Bertz CT molecular complexity index is 553.